The summed E-state index contributed by atoms with van der Waals surface area (Å²) in [5.74, 6) is 0.836. The van der Waals surface area contributed by atoms with Crippen molar-refractivity contribution in [1.82, 2.24) is 9.97 Å². The lowest BCUT2D eigenvalue weighted by atomic mass is 9.52. The molecule has 2 heterocycles. The lowest BCUT2D eigenvalue weighted by molar-refractivity contribution is -0.129. The van der Waals surface area contributed by atoms with Gasteiger partial charge < -0.3 is 30.7 Å². The number of nitrogens with two attached hydrogens (primary N) is 1. The average Bonchev–Trinajstić information content (AvgIpc) is 3.17. The van der Waals surface area contributed by atoms with Gasteiger partial charge in [-0.3, -0.25) is 0 Å². The van der Waals surface area contributed by atoms with Crippen LogP contribution in [0.25, 0.3) is 11.0 Å². The molecule has 6 rings (SSSR count). The van der Waals surface area contributed by atoms with Gasteiger partial charge in [0.05, 0.1) is 11.3 Å². The second-order valence-electron chi connectivity index (χ2n) is 9.05. The number of ether oxygens (including phenoxy) is 1. The van der Waals surface area contributed by atoms with Crippen molar-refractivity contribution in [1.29, 1.82) is 0 Å². The first kappa shape index (κ1) is 19.3. The molecule has 0 aromatic carbocycles. The first-order chi connectivity index (χ1) is 14.5. The van der Waals surface area contributed by atoms with Crippen LogP contribution in [0.2, 0.25) is 0 Å². The fraction of sp³-hybridized carbons (Fsp3) is 0.571. The topological polar surface area (TPSA) is 135 Å². The Morgan fingerprint density at radius 1 is 1.40 bits per heavy atom. The number of hydrogen-bond acceptors (Lipinski definition) is 7. The standard InChI is InChI=1S/C21H27N5O4/c1-29-10-16(22)26-30-20(27)15-9-24-19-14(2-3-23-19)18(15)25-17-12-4-11-5-13(17)8-21(28,6-11)7-12/h2-3,9,11-13,17,28H,4-8,10H2,1H3,(H2,22,26)(H2,23,24,25)/t11?,12-,13+,17+,21-. The predicted molar refractivity (Wildman–Crippen MR) is 111 cm³/mol. The number of fused-ring (bicyclic) bond motifs is 1. The van der Waals surface area contributed by atoms with Crippen LogP contribution in [0.15, 0.2) is 23.6 Å². The number of pyridine rings is 1. The van der Waals surface area contributed by atoms with Crippen molar-refractivity contribution in [3.63, 3.8) is 0 Å². The summed E-state index contributed by atoms with van der Waals surface area (Å²) in [6.45, 7) is 0.0724. The van der Waals surface area contributed by atoms with Crippen LogP contribution in [0.5, 0.6) is 0 Å². The normalized spacial score (nSPS) is 32.5. The summed E-state index contributed by atoms with van der Waals surface area (Å²) < 4.78 is 4.88. The highest BCUT2D eigenvalue weighted by Crippen LogP contribution is 2.56. The number of anilines is 1. The van der Waals surface area contributed by atoms with E-state index in [1.54, 1.807) is 6.20 Å². The van der Waals surface area contributed by atoms with Crippen LogP contribution in [-0.2, 0) is 9.57 Å². The first-order valence-electron chi connectivity index (χ1n) is 10.4. The molecule has 0 amide bonds. The summed E-state index contributed by atoms with van der Waals surface area (Å²) in [5.41, 5.74) is 6.84. The molecule has 5 N–H and O–H groups in total. The van der Waals surface area contributed by atoms with Gasteiger partial charge in [-0.2, -0.15) is 0 Å². The van der Waals surface area contributed by atoms with E-state index in [9.17, 15) is 9.90 Å². The summed E-state index contributed by atoms with van der Waals surface area (Å²) in [6, 6.07) is 2.10. The van der Waals surface area contributed by atoms with Crippen molar-refractivity contribution in [3.8, 4) is 0 Å². The Morgan fingerprint density at radius 2 is 2.17 bits per heavy atom. The molecule has 4 bridgehead atoms. The molecule has 2 aromatic rings. The van der Waals surface area contributed by atoms with Crippen molar-refractivity contribution in [2.75, 3.05) is 19.0 Å². The number of oxime groups is 1. The van der Waals surface area contributed by atoms with Gasteiger partial charge in [-0.1, -0.05) is 5.16 Å². The number of aromatic nitrogens is 2. The van der Waals surface area contributed by atoms with Crippen molar-refractivity contribution < 1.29 is 19.5 Å². The first-order valence-corrected chi connectivity index (χ1v) is 10.4. The van der Waals surface area contributed by atoms with Gasteiger partial charge in [-0.15, -0.1) is 0 Å². The second kappa shape index (κ2) is 7.24. The number of H-pyrrole nitrogens is 1. The van der Waals surface area contributed by atoms with Crippen LogP contribution in [-0.4, -0.2) is 52.2 Å². The monoisotopic (exact) mass is 413 g/mol. The smallest absolute Gasteiger partial charge is 0.369 e. The molecule has 160 valence electrons. The van der Waals surface area contributed by atoms with E-state index in [2.05, 4.69) is 20.4 Å². The van der Waals surface area contributed by atoms with Crippen molar-refractivity contribution >= 4 is 28.5 Å². The molecule has 0 aliphatic heterocycles. The number of aromatic amines is 1. The van der Waals surface area contributed by atoms with Crippen LogP contribution < -0.4 is 11.1 Å². The minimum Gasteiger partial charge on any atom is -0.390 e. The molecule has 4 aliphatic carbocycles. The molecule has 30 heavy (non-hydrogen) atoms. The Morgan fingerprint density at radius 3 is 2.87 bits per heavy atom. The minimum atomic E-state index is -0.630. The van der Waals surface area contributed by atoms with Gasteiger partial charge in [0.15, 0.2) is 5.84 Å². The molecule has 2 aromatic heterocycles. The molecule has 9 nitrogen and oxygen atoms in total. The van der Waals surface area contributed by atoms with Gasteiger partial charge in [0.1, 0.15) is 17.8 Å². The summed E-state index contributed by atoms with van der Waals surface area (Å²) in [4.78, 5) is 25.3. The van der Waals surface area contributed by atoms with Gasteiger partial charge in [0.25, 0.3) is 0 Å². The molecular formula is C21H27N5O4. The third-order valence-corrected chi connectivity index (χ3v) is 6.90. The number of carbonyl (C=O) groups is 1. The SMILES string of the molecule is COC/C(N)=N\OC(=O)c1cnc2[nH]ccc2c1N[C@H]1[C@@H]2CC3C[C@H]1C[C@@](O)(C3)C2. The van der Waals surface area contributed by atoms with Crippen LogP contribution in [0.1, 0.15) is 42.5 Å². The number of carbonyl (C=O) groups excluding carboxylic acids is 1. The molecule has 4 saturated carbocycles. The van der Waals surface area contributed by atoms with E-state index in [0.29, 0.717) is 34.7 Å². The summed E-state index contributed by atoms with van der Waals surface area (Å²) in [5, 5.41) is 19.0. The third-order valence-electron chi connectivity index (χ3n) is 6.90. The number of nitrogens with one attached hydrogen (secondary N) is 2. The van der Waals surface area contributed by atoms with Crippen LogP contribution in [0.4, 0.5) is 5.69 Å². The largest absolute Gasteiger partial charge is 0.390 e. The molecule has 0 saturated heterocycles. The summed E-state index contributed by atoms with van der Waals surface area (Å²) in [7, 11) is 1.48. The number of aliphatic hydroxyl groups is 1. The van der Waals surface area contributed by atoms with E-state index < -0.39 is 11.6 Å². The molecule has 4 aliphatic rings. The Hall–Kier alpha value is -2.65. The Labute approximate surface area is 174 Å². The lowest BCUT2D eigenvalue weighted by Crippen LogP contribution is -2.59. The van der Waals surface area contributed by atoms with Gasteiger partial charge in [-0.05, 0) is 55.9 Å². The molecule has 0 spiro atoms. The number of amidine groups is 1. The van der Waals surface area contributed by atoms with E-state index in [-0.39, 0.29) is 18.5 Å². The highest BCUT2D eigenvalue weighted by atomic mass is 16.7. The summed E-state index contributed by atoms with van der Waals surface area (Å²) >= 11 is 0. The average molecular weight is 413 g/mol. The van der Waals surface area contributed by atoms with E-state index in [4.69, 9.17) is 15.3 Å². The summed E-state index contributed by atoms with van der Waals surface area (Å²) in [6.07, 6.45) is 8.10. The van der Waals surface area contributed by atoms with E-state index in [0.717, 1.165) is 37.5 Å². The molecular weight excluding hydrogens is 386 g/mol. The van der Waals surface area contributed by atoms with E-state index in [1.165, 1.54) is 13.3 Å². The number of nitrogens with zero attached hydrogens (tertiary/aromatic N) is 2. The Balaban J connectivity index is 1.45. The molecule has 0 radical (unpaired) electrons. The minimum absolute atomic E-state index is 0.0724. The lowest BCUT2D eigenvalue weighted by Gasteiger charge is -2.58. The fourth-order valence-electron chi connectivity index (χ4n) is 6.03. The fourth-order valence-corrected chi connectivity index (χ4v) is 6.03. The zero-order chi connectivity index (χ0) is 20.9. The quantitative estimate of drug-likeness (QED) is 0.246. The maximum atomic E-state index is 12.8. The van der Waals surface area contributed by atoms with Gasteiger partial charge >= 0.3 is 5.97 Å². The molecule has 5 atom stereocenters. The van der Waals surface area contributed by atoms with Crippen molar-refractivity contribution in [3.05, 3.63) is 24.0 Å². The van der Waals surface area contributed by atoms with Crippen LogP contribution in [0.3, 0.4) is 0 Å². The van der Waals surface area contributed by atoms with Crippen LogP contribution in [0, 0.1) is 17.8 Å². The Kier molecular flexibility index (Phi) is 4.67. The van der Waals surface area contributed by atoms with E-state index in [1.807, 2.05) is 6.07 Å². The maximum absolute atomic E-state index is 12.8. The predicted octanol–water partition coefficient (Wildman–Crippen LogP) is 1.99. The van der Waals surface area contributed by atoms with Crippen molar-refractivity contribution in [2.24, 2.45) is 28.6 Å². The number of hydrogen-bond donors (Lipinski definition) is 4. The second-order valence-corrected chi connectivity index (χ2v) is 9.05. The number of methoxy groups -OCH3 is 1. The van der Waals surface area contributed by atoms with Crippen molar-refractivity contribution in [2.45, 2.75) is 43.7 Å². The molecule has 4 fully saturated rings. The van der Waals surface area contributed by atoms with E-state index >= 15 is 0 Å². The zero-order valence-corrected chi connectivity index (χ0v) is 16.9. The maximum Gasteiger partial charge on any atom is 0.369 e. The zero-order valence-electron chi connectivity index (χ0n) is 16.9. The highest BCUT2D eigenvalue weighted by molar-refractivity contribution is 6.04. The Bertz CT molecular complexity index is 986. The van der Waals surface area contributed by atoms with Gasteiger partial charge in [0.2, 0.25) is 0 Å². The molecule has 1 unspecified atom stereocenters. The molecule has 9 heteroatoms. The third kappa shape index (κ3) is 3.31. The van der Waals surface area contributed by atoms with Gasteiger partial charge in [-0.25, -0.2) is 9.78 Å². The van der Waals surface area contributed by atoms with Crippen LogP contribution >= 0.6 is 0 Å². The highest BCUT2D eigenvalue weighted by Gasteiger charge is 2.54. The van der Waals surface area contributed by atoms with Gasteiger partial charge in [0, 0.05) is 30.9 Å². The number of rotatable bonds is 6.